The minimum absolute atomic E-state index is 0.0146. The maximum atomic E-state index is 13.8. The van der Waals surface area contributed by atoms with Crippen molar-refractivity contribution in [3.63, 3.8) is 0 Å². The average molecular weight is 641 g/mol. The Morgan fingerprint density at radius 1 is 0.951 bits per heavy atom. The van der Waals surface area contributed by atoms with Gasteiger partial charge in [-0.3, -0.25) is 14.4 Å². The Balaban J connectivity index is 1.56. The lowest BCUT2D eigenvalue weighted by atomic mass is 10.0. The zero-order chi connectivity index (χ0) is 29.4. The highest BCUT2D eigenvalue weighted by Gasteiger charge is 2.40. The van der Waals surface area contributed by atoms with Crippen LogP contribution >= 0.6 is 15.9 Å². The summed E-state index contributed by atoms with van der Waals surface area (Å²) in [6, 6.07) is 22.4. The predicted octanol–water partition coefficient (Wildman–Crippen LogP) is 4.93. The van der Waals surface area contributed by atoms with E-state index in [1.54, 1.807) is 17.0 Å². The largest absolute Gasteiger partial charge is 0.354 e. The van der Waals surface area contributed by atoms with Crippen molar-refractivity contribution in [1.29, 1.82) is 0 Å². The zero-order valence-corrected chi connectivity index (χ0v) is 25.4. The lowest BCUT2D eigenvalue weighted by Gasteiger charge is -2.32. The molecule has 3 aromatic carbocycles. The normalized spacial score (nSPS) is 14.4. The fraction of sp³-hybridized carbons (Fsp3) is 0.323. The summed E-state index contributed by atoms with van der Waals surface area (Å²) in [6.45, 7) is 2.62. The third kappa shape index (κ3) is 7.42. The van der Waals surface area contributed by atoms with Gasteiger partial charge in [0.1, 0.15) is 10.9 Å². The second-order valence-corrected chi connectivity index (χ2v) is 12.7. The van der Waals surface area contributed by atoms with Gasteiger partial charge in [-0.05, 0) is 48.2 Å². The Morgan fingerprint density at radius 3 is 2.37 bits per heavy atom. The Hall–Kier alpha value is -3.50. The number of unbranched alkanes of at least 4 members (excludes halogenated alkanes) is 1. The molecule has 4 rings (SSSR count). The van der Waals surface area contributed by atoms with Crippen molar-refractivity contribution >= 4 is 43.7 Å². The highest BCUT2D eigenvalue weighted by atomic mass is 79.9. The molecule has 0 saturated carbocycles. The van der Waals surface area contributed by atoms with Crippen LogP contribution in [0.25, 0.3) is 0 Å². The molecule has 41 heavy (non-hydrogen) atoms. The molecule has 1 aliphatic heterocycles. The van der Waals surface area contributed by atoms with E-state index in [9.17, 15) is 22.8 Å². The van der Waals surface area contributed by atoms with Crippen LogP contribution in [-0.4, -0.2) is 54.5 Å². The van der Waals surface area contributed by atoms with Crippen LogP contribution in [0.5, 0.6) is 0 Å². The van der Waals surface area contributed by atoms with Gasteiger partial charge in [-0.2, -0.15) is 0 Å². The highest BCUT2D eigenvalue weighted by molar-refractivity contribution is 9.10. The molecule has 0 unspecified atom stereocenters. The van der Waals surface area contributed by atoms with Gasteiger partial charge in [0, 0.05) is 36.9 Å². The van der Waals surface area contributed by atoms with Gasteiger partial charge in [-0.25, -0.2) is 12.7 Å². The fourth-order valence-electron chi connectivity index (χ4n) is 4.86. The maximum absolute atomic E-state index is 13.8. The van der Waals surface area contributed by atoms with Gasteiger partial charge in [-0.15, -0.1) is 0 Å². The predicted molar refractivity (Wildman–Crippen MR) is 160 cm³/mol. The van der Waals surface area contributed by atoms with Crippen molar-refractivity contribution in [2.45, 2.75) is 56.5 Å². The first-order chi connectivity index (χ1) is 19.7. The number of carbonyl (C=O) groups excluding carboxylic acids is 3. The monoisotopic (exact) mass is 639 g/mol. The molecule has 216 valence electrons. The van der Waals surface area contributed by atoms with Crippen LogP contribution in [-0.2, 0) is 32.6 Å². The van der Waals surface area contributed by atoms with E-state index in [1.165, 1.54) is 12.1 Å². The molecule has 0 spiro atoms. The number of carbonyl (C=O) groups is 3. The third-order valence-electron chi connectivity index (χ3n) is 7.01. The smallest absolute Gasteiger partial charge is 0.269 e. The molecule has 3 aromatic rings. The number of amides is 3. The molecule has 10 heteroatoms. The number of benzene rings is 3. The number of hydrogen-bond acceptors (Lipinski definition) is 5. The van der Waals surface area contributed by atoms with Crippen LogP contribution in [0.3, 0.4) is 0 Å². The van der Waals surface area contributed by atoms with E-state index in [4.69, 9.17) is 0 Å². The Labute approximate surface area is 249 Å². The minimum Gasteiger partial charge on any atom is -0.354 e. The lowest BCUT2D eigenvalue weighted by molar-refractivity contribution is -0.141. The Bertz CT molecular complexity index is 1500. The topological polar surface area (TPSA) is 104 Å². The summed E-state index contributed by atoms with van der Waals surface area (Å²) in [5, 5.41) is 2.99. The number of sulfonamides is 1. The molecule has 1 heterocycles. The molecule has 0 aliphatic carbocycles. The van der Waals surface area contributed by atoms with E-state index in [-0.39, 0.29) is 48.2 Å². The van der Waals surface area contributed by atoms with Gasteiger partial charge in [0.05, 0.1) is 5.56 Å². The standard InChI is InChI=1S/C31H34BrN3O5S/c1-2-3-18-33-30(37)27(21-23-11-5-4-6-12-23)34(22-24-13-9-14-25(32)20-24)29(36)17-10-19-35-31(38)26-15-7-8-16-28(26)41(35,39)40/h4-9,11-16,20,27H,2-3,10,17-19,21-22H2,1H3,(H,33,37)/t27-/m0/s1. The Kier molecular flexibility index (Phi) is 10.3. The second kappa shape index (κ2) is 13.9. The summed E-state index contributed by atoms with van der Waals surface area (Å²) in [7, 11) is -3.96. The number of rotatable bonds is 13. The van der Waals surface area contributed by atoms with Gasteiger partial charge in [0.25, 0.3) is 15.9 Å². The number of fused-ring (bicyclic) bond motifs is 1. The van der Waals surface area contributed by atoms with Crippen LogP contribution in [0.4, 0.5) is 0 Å². The van der Waals surface area contributed by atoms with Crippen molar-refractivity contribution in [3.05, 3.63) is 100 Å². The van der Waals surface area contributed by atoms with Crippen molar-refractivity contribution in [1.82, 2.24) is 14.5 Å². The van der Waals surface area contributed by atoms with Crippen molar-refractivity contribution in [3.8, 4) is 0 Å². The second-order valence-electron chi connectivity index (χ2n) is 9.98. The van der Waals surface area contributed by atoms with Crippen LogP contribution in [0.2, 0.25) is 0 Å². The lowest BCUT2D eigenvalue weighted by Crippen LogP contribution is -2.50. The SMILES string of the molecule is CCCCNC(=O)[C@H](Cc1ccccc1)N(Cc1cccc(Br)c1)C(=O)CCCN1C(=O)c2ccccc2S1(=O)=O. The molecule has 1 aliphatic rings. The van der Waals surface area contributed by atoms with Crippen LogP contribution in [0, 0.1) is 0 Å². The summed E-state index contributed by atoms with van der Waals surface area (Å²) >= 11 is 3.48. The van der Waals surface area contributed by atoms with E-state index in [0.29, 0.717) is 13.0 Å². The maximum Gasteiger partial charge on any atom is 0.269 e. The first-order valence-corrected chi connectivity index (χ1v) is 16.0. The number of hydrogen-bond donors (Lipinski definition) is 1. The average Bonchev–Trinajstić information content (AvgIpc) is 3.16. The summed E-state index contributed by atoms with van der Waals surface area (Å²) in [5.74, 6) is -1.12. The molecule has 0 radical (unpaired) electrons. The molecule has 0 saturated heterocycles. The van der Waals surface area contributed by atoms with E-state index >= 15 is 0 Å². The number of halogens is 1. The first kappa shape index (κ1) is 30.5. The minimum atomic E-state index is -3.96. The Morgan fingerprint density at radius 2 is 1.66 bits per heavy atom. The first-order valence-electron chi connectivity index (χ1n) is 13.7. The summed E-state index contributed by atoms with van der Waals surface area (Å²) in [5.41, 5.74) is 1.91. The third-order valence-corrected chi connectivity index (χ3v) is 9.34. The van der Waals surface area contributed by atoms with E-state index in [2.05, 4.69) is 21.2 Å². The van der Waals surface area contributed by atoms with Gasteiger partial charge < -0.3 is 10.2 Å². The van der Waals surface area contributed by atoms with Crippen LogP contribution in [0.15, 0.2) is 88.2 Å². The van der Waals surface area contributed by atoms with Gasteiger partial charge in [0.15, 0.2) is 0 Å². The molecule has 1 N–H and O–H groups in total. The number of nitrogens with zero attached hydrogens (tertiary/aromatic N) is 2. The number of nitrogens with one attached hydrogen (secondary N) is 1. The fourth-order valence-corrected chi connectivity index (χ4v) is 6.92. The molecular weight excluding hydrogens is 606 g/mol. The molecule has 1 atom stereocenters. The quantitative estimate of drug-likeness (QED) is 0.267. The van der Waals surface area contributed by atoms with Gasteiger partial charge in [0.2, 0.25) is 11.8 Å². The van der Waals surface area contributed by atoms with E-state index < -0.39 is 22.0 Å². The molecule has 8 nitrogen and oxygen atoms in total. The van der Waals surface area contributed by atoms with E-state index in [0.717, 1.165) is 32.7 Å². The molecule has 0 fully saturated rings. The molecule has 3 amide bonds. The summed E-state index contributed by atoms with van der Waals surface area (Å²) in [6.07, 6.45) is 2.17. The molecule has 0 bridgehead atoms. The van der Waals surface area contributed by atoms with Crippen molar-refractivity contribution in [2.24, 2.45) is 0 Å². The summed E-state index contributed by atoms with van der Waals surface area (Å²) in [4.78, 5) is 41.7. The zero-order valence-electron chi connectivity index (χ0n) is 23.0. The highest BCUT2D eigenvalue weighted by Crippen LogP contribution is 2.30. The van der Waals surface area contributed by atoms with Gasteiger partial charge in [-0.1, -0.05) is 83.9 Å². The van der Waals surface area contributed by atoms with Crippen LogP contribution < -0.4 is 5.32 Å². The van der Waals surface area contributed by atoms with Crippen molar-refractivity contribution in [2.75, 3.05) is 13.1 Å². The van der Waals surface area contributed by atoms with Gasteiger partial charge >= 0.3 is 0 Å². The van der Waals surface area contributed by atoms with Crippen LogP contribution in [0.1, 0.15) is 54.1 Å². The van der Waals surface area contributed by atoms with E-state index in [1.807, 2.05) is 61.5 Å². The molecular formula is C31H34BrN3O5S. The molecule has 0 aromatic heterocycles. The van der Waals surface area contributed by atoms with Crippen molar-refractivity contribution < 1.29 is 22.8 Å². The summed E-state index contributed by atoms with van der Waals surface area (Å²) < 4.78 is 27.6.